The number of para-hydroxylation sites is 1. The van der Waals surface area contributed by atoms with Crippen LogP contribution in [0.3, 0.4) is 0 Å². The Kier molecular flexibility index (Phi) is 2.62. The van der Waals surface area contributed by atoms with Crippen molar-refractivity contribution < 1.29 is 9.18 Å². The first-order chi connectivity index (χ1) is 10.2. The van der Waals surface area contributed by atoms with Crippen LogP contribution in [-0.2, 0) is 10.2 Å². The lowest BCUT2D eigenvalue weighted by Gasteiger charge is -2.29. The quantitative estimate of drug-likeness (QED) is 0.844. The van der Waals surface area contributed by atoms with Crippen molar-refractivity contribution in [2.75, 3.05) is 11.9 Å². The van der Waals surface area contributed by atoms with Crippen molar-refractivity contribution in [3.05, 3.63) is 65.5 Å². The monoisotopic (exact) mass is 282 g/mol. The molecule has 2 atom stereocenters. The van der Waals surface area contributed by atoms with Crippen LogP contribution in [-0.4, -0.2) is 12.5 Å². The van der Waals surface area contributed by atoms with Crippen LogP contribution >= 0.6 is 0 Å². The molecule has 2 aromatic rings. The average Bonchev–Trinajstić information content (AvgIpc) is 3.04. The van der Waals surface area contributed by atoms with Crippen LogP contribution in [0.1, 0.15) is 23.6 Å². The summed E-state index contributed by atoms with van der Waals surface area (Å²) >= 11 is 0. The fourth-order valence-corrected chi connectivity index (χ4v) is 3.69. The lowest BCUT2D eigenvalue weighted by Crippen LogP contribution is -2.39. The molecule has 2 aliphatic heterocycles. The topological polar surface area (TPSA) is 41.1 Å². The van der Waals surface area contributed by atoms with E-state index in [0.29, 0.717) is 0 Å². The second-order valence-electron chi connectivity index (χ2n) is 5.66. The summed E-state index contributed by atoms with van der Waals surface area (Å²) in [5.41, 5.74) is 2.06. The summed E-state index contributed by atoms with van der Waals surface area (Å²) in [6, 6.07) is 14.1. The first kappa shape index (κ1) is 12.5. The van der Waals surface area contributed by atoms with Gasteiger partial charge in [0.25, 0.3) is 0 Å². The molecule has 0 bridgehead atoms. The van der Waals surface area contributed by atoms with Crippen LogP contribution in [0.25, 0.3) is 0 Å². The number of nitrogens with one attached hydrogen (secondary N) is 2. The van der Waals surface area contributed by atoms with Gasteiger partial charge >= 0.3 is 0 Å². The lowest BCUT2D eigenvalue weighted by molar-refractivity contribution is -0.121. The average molecular weight is 282 g/mol. The van der Waals surface area contributed by atoms with E-state index in [1.807, 2.05) is 30.3 Å². The summed E-state index contributed by atoms with van der Waals surface area (Å²) in [7, 11) is 0. The van der Waals surface area contributed by atoms with E-state index in [4.69, 9.17) is 0 Å². The largest absolute Gasteiger partial charge is 0.325 e. The third kappa shape index (κ3) is 1.66. The van der Waals surface area contributed by atoms with Crippen LogP contribution in [0.15, 0.2) is 48.5 Å². The molecule has 0 unspecified atom stereocenters. The van der Waals surface area contributed by atoms with Gasteiger partial charge in [0.05, 0.1) is 11.5 Å². The Morgan fingerprint density at radius 3 is 2.86 bits per heavy atom. The number of amides is 1. The van der Waals surface area contributed by atoms with E-state index < -0.39 is 5.41 Å². The molecule has 2 aliphatic rings. The van der Waals surface area contributed by atoms with Crippen LogP contribution < -0.4 is 10.6 Å². The molecule has 1 amide bonds. The van der Waals surface area contributed by atoms with Gasteiger partial charge in [-0.3, -0.25) is 4.79 Å². The standard InChI is InChI=1S/C17H15FN2O/c18-12-5-3-4-11(10-12)15-17(8-9-19-15)13-6-1-2-7-14(13)20-16(17)21/h1-7,10,15,19H,8-9H2,(H,20,21)/t15-,17+/m0/s1. The van der Waals surface area contributed by atoms with E-state index in [-0.39, 0.29) is 17.8 Å². The van der Waals surface area contributed by atoms with E-state index in [9.17, 15) is 9.18 Å². The van der Waals surface area contributed by atoms with Gasteiger partial charge in [0.2, 0.25) is 5.91 Å². The number of carbonyl (C=O) groups excluding carboxylic acids is 1. The minimum absolute atomic E-state index is 0.00274. The van der Waals surface area contributed by atoms with E-state index in [1.54, 1.807) is 6.07 Å². The van der Waals surface area contributed by atoms with Gasteiger partial charge in [-0.1, -0.05) is 30.3 Å². The molecule has 1 saturated heterocycles. The van der Waals surface area contributed by atoms with E-state index in [1.165, 1.54) is 12.1 Å². The highest BCUT2D eigenvalue weighted by atomic mass is 19.1. The maximum absolute atomic E-state index is 13.6. The molecule has 4 rings (SSSR count). The molecule has 2 N–H and O–H groups in total. The molecule has 0 aromatic heterocycles. The predicted molar refractivity (Wildman–Crippen MR) is 78.5 cm³/mol. The van der Waals surface area contributed by atoms with Crippen molar-refractivity contribution in [2.45, 2.75) is 17.9 Å². The fourth-order valence-electron chi connectivity index (χ4n) is 3.69. The summed E-state index contributed by atoms with van der Waals surface area (Å²) in [6.07, 6.45) is 0.719. The van der Waals surface area contributed by atoms with Crippen molar-refractivity contribution >= 4 is 11.6 Å². The minimum Gasteiger partial charge on any atom is -0.325 e. The maximum Gasteiger partial charge on any atom is 0.237 e. The van der Waals surface area contributed by atoms with Gasteiger partial charge in [-0.05, 0) is 42.3 Å². The van der Waals surface area contributed by atoms with Crippen molar-refractivity contribution in [1.29, 1.82) is 0 Å². The Morgan fingerprint density at radius 1 is 1.14 bits per heavy atom. The summed E-state index contributed by atoms with van der Waals surface area (Å²) in [5, 5.41) is 6.35. The molecular weight excluding hydrogens is 267 g/mol. The number of halogens is 1. The molecule has 106 valence electrons. The summed E-state index contributed by atoms with van der Waals surface area (Å²) in [5.74, 6) is -0.272. The minimum atomic E-state index is -0.635. The van der Waals surface area contributed by atoms with Gasteiger partial charge in [0, 0.05) is 5.69 Å². The summed E-state index contributed by atoms with van der Waals surface area (Å²) in [6.45, 7) is 0.739. The molecule has 3 nitrogen and oxygen atoms in total. The number of carbonyl (C=O) groups is 1. The second-order valence-corrected chi connectivity index (χ2v) is 5.66. The second kappa shape index (κ2) is 4.40. The SMILES string of the molecule is O=C1Nc2ccccc2[C@@]12CCN[C@H]2c1cccc(F)c1. The fraction of sp³-hybridized carbons (Fsp3) is 0.235. The van der Waals surface area contributed by atoms with Crippen LogP contribution in [0.2, 0.25) is 0 Å². The molecular formula is C17H15FN2O. The number of rotatable bonds is 1. The Hall–Kier alpha value is -2.20. The first-order valence-electron chi connectivity index (χ1n) is 7.11. The van der Waals surface area contributed by atoms with Crippen molar-refractivity contribution in [3.63, 3.8) is 0 Å². The van der Waals surface area contributed by atoms with Crippen LogP contribution in [0, 0.1) is 5.82 Å². The van der Waals surface area contributed by atoms with Gasteiger partial charge in [-0.2, -0.15) is 0 Å². The summed E-state index contributed by atoms with van der Waals surface area (Å²) < 4.78 is 13.6. The Morgan fingerprint density at radius 2 is 2.00 bits per heavy atom. The number of anilines is 1. The Labute approximate surface area is 122 Å². The smallest absolute Gasteiger partial charge is 0.237 e. The number of fused-ring (bicyclic) bond motifs is 2. The third-order valence-corrected chi connectivity index (χ3v) is 4.60. The zero-order valence-electron chi connectivity index (χ0n) is 11.4. The highest BCUT2D eigenvalue weighted by Crippen LogP contribution is 2.50. The zero-order valence-corrected chi connectivity index (χ0v) is 11.4. The Bertz CT molecular complexity index is 730. The number of hydrogen-bond donors (Lipinski definition) is 2. The Balaban J connectivity index is 1.89. The van der Waals surface area contributed by atoms with E-state index in [2.05, 4.69) is 10.6 Å². The third-order valence-electron chi connectivity index (χ3n) is 4.60. The van der Waals surface area contributed by atoms with Crippen LogP contribution in [0.5, 0.6) is 0 Å². The molecule has 0 aliphatic carbocycles. The highest BCUT2D eigenvalue weighted by molar-refractivity contribution is 6.07. The van der Waals surface area contributed by atoms with Gasteiger partial charge in [-0.15, -0.1) is 0 Å². The molecule has 2 aromatic carbocycles. The van der Waals surface area contributed by atoms with Crippen LogP contribution in [0.4, 0.5) is 10.1 Å². The first-order valence-corrected chi connectivity index (χ1v) is 7.11. The molecule has 2 heterocycles. The van der Waals surface area contributed by atoms with E-state index >= 15 is 0 Å². The molecule has 4 heteroatoms. The van der Waals surface area contributed by atoms with E-state index in [0.717, 1.165) is 29.8 Å². The number of hydrogen-bond acceptors (Lipinski definition) is 2. The van der Waals surface area contributed by atoms with Crippen molar-refractivity contribution in [3.8, 4) is 0 Å². The lowest BCUT2D eigenvalue weighted by atomic mass is 9.73. The molecule has 0 saturated carbocycles. The normalized spacial score (nSPS) is 26.9. The van der Waals surface area contributed by atoms with Gasteiger partial charge < -0.3 is 10.6 Å². The van der Waals surface area contributed by atoms with Crippen molar-refractivity contribution in [1.82, 2.24) is 5.32 Å². The molecule has 21 heavy (non-hydrogen) atoms. The van der Waals surface area contributed by atoms with Crippen molar-refractivity contribution in [2.24, 2.45) is 0 Å². The zero-order chi connectivity index (χ0) is 14.4. The summed E-state index contributed by atoms with van der Waals surface area (Å²) in [4.78, 5) is 12.7. The van der Waals surface area contributed by atoms with Gasteiger partial charge in [0.1, 0.15) is 5.82 Å². The maximum atomic E-state index is 13.6. The highest BCUT2D eigenvalue weighted by Gasteiger charge is 2.55. The molecule has 1 spiro atoms. The van der Waals surface area contributed by atoms with Gasteiger partial charge in [0.15, 0.2) is 0 Å². The molecule has 1 fully saturated rings. The molecule has 0 radical (unpaired) electrons. The predicted octanol–water partition coefficient (Wildman–Crippen LogP) is 2.75. The van der Waals surface area contributed by atoms with Gasteiger partial charge in [-0.25, -0.2) is 4.39 Å². The number of benzene rings is 2.